The molecule has 0 saturated heterocycles. The highest BCUT2D eigenvalue weighted by molar-refractivity contribution is 5.85. The number of nitrogens with one attached hydrogen (secondary N) is 1. The van der Waals surface area contributed by atoms with Gasteiger partial charge in [-0.3, -0.25) is 4.68 Å². The van der Waals surface area contributed by atoms with E-state index in [9.17, 15) is 4.39 Å². The van der Waals surface area contributed by atoms with E-state index in [1.165, 1.54) is 17.8 Å². The van der Waals surface area contributed by atoms with Crippen LogP contribution in [0.1, 0.15) is 37.6 Å². The van der Waals surface area contributed by atoms with Gasteiger partial charge in [-0.25, -0.2) is 4.39 Å². The van der Waals surface area contributed by atoms with Crippen molar-refractivity contribution < 1.29 is 4.39 Å². The number of hydrogen-bond donors (Lipinski definition) is 1. The molecule has 0 amide bonds. The Morgan fingerprint density at radius 1 is 1.20 bits per heavy atom. The second-order valence-corrected chi connectivity index (χ2v) is 4.75. The van der Waals surface area contributed by atoms with E-state index in [-0.39, 0.29) is 18.2 Å². The topological polar surface area (TPSA) is 29.9 Å². The standard InChI is InChI=1S/C15H20FN3.ClH/c1-3-12(2)19-15(8-9-18-19)11-17-10-13-4-6-14(16)7-5-13;/h4-9,12,17H,3,10-11H2,1-2H3;1H. The lowest BCUT2D eigenvalue weighted by Crippen LogP contribution is -2.18. The van der Waals surface area contributed by atoms with Crippen molar-refractivity contribution in [1.29, 1.82) is 0 Å². The quantitative estimate of drug-likeness (QED) is 0.881. The highest BCUT2D eigenvalue weighted by atomic mass is 35.5. The Kier molecular flexibility index (Phi) is 6.68. The van der Waals surface area contributed by atoms with E-state index in [0.717, 1.165) is 25.1 Å². The number of benzene rings is 1. The maximum absolute atomic E-state index is 12.8. The van der Waals surface area contributed by atoms with Crippen LogP contribution in [0.2, 0.25) is 0 Å². The maximum Gasteiger partial charge on any atom is 0.123 e. The van der Waals surface area contributed by atoms with Gasteiger partial charge in [0, 0.05) is 25.3 Å². The summed E-state index contributed by atoms with van der Waals surface area (Å²) in [6.07, 6.45) is 2.90. The predicted molar refractivity (Wildman–Crippen MR) is 81.4 cm³/mol. The number of rotatable bonds is 6. The van der Waals surface area contributed by atoms with Crippen molar-refractivity contribution in [2.75, 3.05) is 0 Å². The van der Waals surface area contributed by atoms with Gasteiger partial charge in [-0.05, 0) is 37.1 Å². The van der Waals surface area contributed by atoms with Crippen LogP contribution in [-0.4, -0.2) is 9.78 Å². The summed E-state index contributed by atoms with van der Waals surface area (Å²) in [6, 6.07) is 9.02. The van der Waals surface area contributed by atoms with Crippen LogP contribution in [0.4, 0.5) is 4.39 Å². The van der Waals surface area contributed by atoms with Gasteiger partial charge in [0.25, 0.3) is 0 Å². The molecule has 110 valence electrons. The molecule has 1 heterocycles. The minimum Gasteiger partial charge on any atom is -0.307 e. The summed E-state index contributed by atoms with van der Waals surface area (Å²) in [5.74, 6) is -0.196. The summed E-state index contributed by atoms with van der Waals surface area (Å²) in [4.78, 5) is 0. The Balaban J connectivity index is 0.00000200. The zero-order valence-electron chi connectivity index (χ0n) is 11.8. The van der Waals surface area contributed by atoms with Gasteiger partial charge in [-0.2, -0.15) is 5.10 Å². The largest absolute Gasteiger partial charge is 0.307 e. The molecule has 0 aliphatic rings. The summed E-state index contributed by atoms with van der Waals surface area (Å²) in [5.41, 5.74) is 2.26. The molecular weight excluding hydrogens is 277 g/mol. The fourth-order valence-corrected chi connectivity index (χ4v) is 1.99. The second-order valence-electron chi connectivity index (χ2n) is 4.75. The molecule has 2 rings (SSSR count). The Labute approximate surface area is 125 Å². The van der Waals surface area contributed by atoms with Gasteiger partial charge in [0.05, 0.1) is 5.69 Å². The Morgan fingerprint density at radius 2 is 1.90 bits per heavy atom. The second kappa shape index (κ2) is 8.02. The van der Waals surface area contributed by atoms with Gasteiger partial charge < -0.3 is 5.32 Å². The summed E-state index contributed by atoms with van der Waals surface area (Å²) in [7, 11) is 0. The van der Waals surface area contributed by atoms with Crippen molar-refractivity contribution in [3.63, 3.8) is 0 Å². The van der Waals surface area contributed by atoms with Gasteiger partial charge in [0.15, 0.2) is 0 Å². The van der Waals surface area contributed by atoms with Gasteiger partial charge in [-0.15, -0.1) is 12.4 Å². The molecule has 0 radical (unpaired) electrons. The highest BCUT2D eigenvalue weighted by Crippen LogP contribution is 2.12. The number of hydrogen-bond acceptors (Lipinski definition) is 2. The molecule has 0 saturated carbocycles. The summed E-state index contributed by atoms with van der Waals surface area (Å²) >= 11 is 0. The van der Waals surface area contributed by atoms with E-state index < -0.39 is 0 Å². The van der Waals surface area contributed by atoms with E-state index in [2.05, 4.69) is 28.9 Å². The predicted octanol–water partition coefficient (Wildman–Crippen LogP) is 3.70. The van der Waals surface area contributed by atoms with E-state index >= 15 is 0 Å². The van der Waals surface area contributed by atoms with E-state index in [1.807, 2.05) is 12.3 Å². The van der Waals surface area contributed by atoms with Gasteiger partial charge in [-0.1, -0.05) is 19.1 Å². The van der Waals surface area contributed by atoms with Crippen LogP contribution in [0.15, 0.2) is 36.5 Å². The van der Waals surface area contributed by atoms with Crippen LogP contribution in [0, 0.1) is 5.82 Å². The summed E-state index contributed by atoms with van der Waals surface area (Å²) in [5, 5.41) is 7.71. The molecule has 2 aromatic rings. The van der Waals surface area contributed by atoms with Gasteiger partial charge >= 0.3 is 0 Å². The average molecular weight is 298 g/mol. The lowest BCUT2D eigenvalue weighted by Gasteiger charge is -2.14. The van der Waals surface area contributed by atoms with Gasteiger partial charge in [0.1, 0.15) is 5.82 Å². The third kappa shape index (κ3) is 4.32. The van der Waals surface area contributed by atoms with E-state index in [0.29, 0.717) is 6.04 Å². The Morgan fingerprint density at radius 3 is 2.55 bits per heavy atom. The molecule has 1 atom stereocenters. The molecule has 1 unspecified atom stereocenters. The van der Waals surface area contributed by atoms with E-state index in [4.69, 9.17) is 0 Å². The molecule has 1 N–H and O–H groups in total. The number of aromatic nitrogens is 2. The fourth-order valence-electron chi connectivity index (χ4n) is 1.99. The Bertz CT molecular complexity index is 510. The Hall–Kier alpha value is -1.39. The maximum atomic E-state index is 12.8. The minimum absolute atomic E-state index is 0. The molecule has 0 bridgehead atoms. The zero-order valence-corrected chi connectivity index (χ0v) is 12.7. The van der Waals surface area contributed by atoms with Crippen molar-refractivity contribution in [3.05, 3.63) is 53.6 Å². The van der Waals surface area contributed by atoms with Crippen LogP contribution in [-0.2, 0) is 13.1 Å². The molecule has 3 nitrogen and oxygen atoms in total. The van der Waals surface area contributed by atoms with Gasteiger partial charge in [0.2, 0.25) is 0 Å². The molecule has 1 aromatic carbocycles. The summed E-state index contributed by atoms with van der Waals surface area (Å²) in [6.45, 7) is 5.81. The van der Waals surface area contributed by atoms with Crippen molar-refractivity contribution in [2.24, 2.45) is 0 Å². The van der Waals surface area contributed by atoms with Crippen molar-refractivity contribution in [3.8, 4) is 0 Å². The first-order valence-corrected chi connectivity index (χ1v) is 6.68. The molecular formula is C15H21ClFN3. The van der Waals surface area contributed by atoms with Crippen LogP contribution in [0.5, 0.6) is 0 Å². The van der Waals surface area contributed by atoms with Crippen LogP contribution < -0.4 is 5.32 Å². The molecule has 5 heteroatoms. The number of halogens is 2. The van der Waals surface area contributed by atoms with Crippen LogP contribution in [0.3, 0.4) is 0 Å². The average Bonchev–Trinajstić information content (AvgIpc) is 2.88. The first-order chi connectivity index (χ1) is 9.20. The normalized spacial score (nSPS) is 11.9. The van der Waals surface area contributed by atoms with Crippen LogP contribution >= 0.6 is 12.4 Å². The molecule has 20 heavy (non-hydrogen) atoms. The highest BCUT2D eigenvalue weighted by Gasteiger charge is 2.07. The number of nitrogens with zero attached hydrogens (tertiary/aromatic N) is 2. The van der Waals surface area contributed by atoms with E-state index in [1.54, 1.807) is 12.1 Å². The first kappa shape index (κ1) is 16.7. The third-order valence-electron chi connectivity index (χ3n) is 3.31. The molecule has 1 aromatic heterocycles. The SMILES string of the molecule is CCC(C)n1nccc1CNCc1ccc(F)cc1.Cl. The molecule has 0 aliphatic carbocycles. The first-order valence-electron chi connectivity index (χ1n) is 6.68. The monoisotopic (exact) mass is 297 g/mol. The fraction of sp³-hybridized carbons (Fsp3) is 0.400. The smallest absolute Gasteiger partial charge is 0.123 e. The minimum atomic E-state index is -0.196. The molecule has 0 spiro atoms. The third-order valence-corrected chi connectivity index (χ3v) is 3.31. The lowest BCUT2D eigenvalue weighted by molar-refractivity contribution is 0.451. The van der Waals surface area contributed by atoms with Crippen LogP contribution in [0.25, 0.3) is 0 Å². The summed E-state index contributed by atoms with van der Waals surface area (Å²) < 4.78 is 14.8. The molecule has 0 aliphatic heterocycles. The lowest BCUT2D eigenvalue weighted by atomic mass is 10.2. The van der Waals surface area contributed by atoms with Crippen molar-refractivity contribution >= 4 is 12.4 Å². The van der Waals surface area contributed by atoms with Crippen molar-refractivity contribution in [1.82, 2.24) is 15.1 Å². The van der Waals surface area contributed by atoms with Crippen molar-refractivity contribution in [2.45, 2.75) is 39.4 Å². The zero-order chi connectivity index (χ0) is 13.7. The molecule has 0 fully saturated rings.